The lowest BCUT2D eigenvalue weighted by molar-refractivity contribution is 0.219. The molecule has 0 radical (unpaired) electrons. The molecule has 1 saturated heterocycles. The number of hydrogen-bond acceptors (Lipinski definition) is 1. The van der Waals surface area contributed by atoms with Crippen molar-refractivity contribution in [2.24, 2.45) is 0 Å². The highest BCUT2D eigenvalue weighted by atomic mass is 35.5. The first-order chi connectivity index (χ1) is 8.33. The number of hydrogen-bond donors (Lipinski definition) is 1. The number of H-pyrrole nitrogens is 1. The Hall–Kier alpha value is -0.990. The van der Waals surface area contributed by atoms with E-state index in [1.165, 1.54) is 43.4 Å². The third-order valence-electron chi connectivity index (χ3n) is 3.50. The van der Waals surface area contributed by atoms with Crippen molar-refractivity contribution in [1.82, 2.24) is 9.88 Å². The molecule has 0 bridgehead atoms. The van der Waals surface area contributed by atoms with Crippen LogP contribution in [-0.2, 0) is 6.54 Å². The second-order valence-electron chi connectivity index (χ2n) is 4.84. The summed E-state index contributed by atoms with van der Waals surface area (Å²) in [6.45, 7) is 3.47. The van der Waals surface area contributed by atoms with E-state index in [9.17, 15) is 0 Å². The molecule has 90 valence electrons. The number of para-hydroxylation sites is 1. The van der Waals surface area contributed by atoms with Crippen LogP contribution < -0.4 is 0 Å². The van der Waals surface area contributed by atoms with Crippen LogP contribution in [-0.4, -0.2) is 23.0 Å². The number of aromatic nitrogens is 1. The van der Waals surface area contributed by atoms with Gasteiger partial charge < -0.3 is 4.98 Å². The summed E-state index contributed by atoms with van der Waals surface area (Å²) in [6.07, 6.45) is 4.05. The van der Waals surface area contributed by atoms with Crippen LogP contribution in [0.25, 0.3) is 10.9 Å². The van der Waals surface area contributed by atoms with E-state index in [2.05, 4.69) is 22.0 Å². The van der Waals surface area contributed by atoms with Crippen molar-refractivity contribution in [3.8, 4) is 0 Å². The fourth-order valence-electron chi connectivity index (χ4n) is 2.62. The number of nitrogens with zero attached hydrogens (tertiary/aromatic N) is 1. The van der Waals surface area contributed by atoms with Crippen molar-refractivity contribution in [1.29, 1.82) is 0 Å². The van der Waals surface area contributed by atoms with E-state index < -0.39 is 0 Å². The summed E-state index contributed by atoms with van der Waals surface area (Å²) in [5, 5.41) is 2.02. The summed E-state index contributed by atoms with van der Waals surface area (Å²) in [7, 11) is 0. The quantitative estimate of drug-likeness (QED) is 0.856. The largest absolute Gasteiger partial charge is 0.356 e. The average molecular weight is 249 g/mol. The van der Waals surface area contributed by atoms with Gasteiger partial charge in [0.1, 0.15) is 0 Å². The van der Waals surface area contributed by atoms with Crippen LogP contribution in [0.2, 0.25) is 5.02 Å². The summed E-state index contributed by atoms with van der Waals surface area (Å²) in [5.74, 6) is 0. The van der Waals surface area contributed by atoms with E-state index in [4.69, 9.17) is 11.6 Å². The lowest BCUT2D eigenvalue weighted by Crippen LogP contribution is -2.29. The van der Waals surface area contributed by atoms with E-state index in [0.29, 0.717) is 0 Å². The van der Waals surface area contributed by atoms with Crippen molar-refractivity contribution >= 4 is 22.5 Å². The minimum atomic E-state index is 0.812. The van der Waals surface area contributed by atoms with Crippen molar-refractivity contribution in [3.63, 3.8) is 0 Å². The molecule has 3 rings (SSSR count). The molecule has 2 heterocycles. The molecule has 0 spiro atoms. The molecule has 1 aliphatic heterocycles. The Morgan fingerprint density at radius 1 is 1.18 bits per heavy atom. The third-order valence-corrected chi connectivity index (χ3v) is 3.82. The molecule has 0 aliphatic carbocycles. The molecule has 17 heavy (non-hydrogen) atoms. The minimum absolute atomic E-state index is 0.812. The predicted molar refractivity (Wildman–Crippen MR) is 72.4 cm³/mol. The second kappa shape index (κ2) is 4.71. The number of fused-ring (bicyclic) bond motifs is 1. The lowest BCUT2D eigenvalue weighted by atomic mass is 10.1. The summed E-state index contributed by atoms with van der Waals surface area (Å²) < 4.78 is 0. The predicted octanol–water partition coefficient (Wildman–Crippen LogP) is 3.81. The summed E-state index contributed by atoms with van der Waals surface area (Å²) in [4.78, 5) is 5.95. The van der Waals surface area contributed by atoms with Gasteiger partial charge in [-0.1, -0.05) is 30.2 Å². The van der Waals surface area contributed by atoms with Crippen LogP contribution in [0, 0.1) is 0 Å². The van der Waals surface area contributed by atoms with Crippen molar-refractivity contribution in [3.05, 3.63) is 35.0 Å². The molecule has 1 aromatic heterocycles. The average Bonchev–Trinajstić information content (AvgIpc) is 2.74. The standard InChI is InChI=1S/C14H17ClN2/c15-13-6-4-5-11-9-12(16-14(11)13)10-17-7-2-1-3-8-17/h4-6,9,16H,1-3,7-8,10H2. The molecule has 1 aliphatic rings. The smallest absolute Gasteiger partial charge is 0.0647 e. The lowest BCUT2D eigenvalue weighted by Gasteiger charge is -2.25. The van der Waals surface area contributed by atoms with Gasteiger partial charge in [0.05, 0.1) is 10.5 Å². The highest BCUT2D eigenvalue weighted by molar-refractivity contribution is 6.35. The summed E-state index contributed by atoms with van der Waals surface area (Å²) >= 11 is 6.17. The first-order valence-corrected chi connectivity index (χ1v) is 6.69. The monoisotopic (exact) mass is 248 g/mol. The van der Waals surface area contributed by atoms with Gasteiger partial charge >= 0.3 is 0 Å². The number of rotatable bonds is 2. The Bertz CT molecular complexity index is 512. The van der Waals surface area contributed by atoms with E-state index in [-0.39, 0.29) is 0 Å². The molecule has 2 nitrogen and oxygen atoms in total. The topological polar surface area (TPSA) is 19.0 Å². The molecule has 0 atom stereocenters. The highest BCUT2D eigenvalue weighted by Gasteiger charge is 2.12. The molecular weight excluding hydrogens is 232 g/mol. The van der Waals surface area contributed by atoms with E-state index in [1.54, 1.807) is 0 Å². The first kappa shape index (κ1) is 11.1. The van der Waals surface area contributed by atoms with Crippen LogP contribution in [0.1, 0.15) is 25.0 Å². The normalized spacial score (nSPS) is 17.7. The number of piperidine rings is 1. The zero-order valence-corrected chi connectivity index (χ0v) is 10.6. The number of likely N-dealkylation sites (tertiary alicyclic amines) is 1. The minimum Gasteiger partial charge on any atom is -0.356 e. The number of nitrogens with one attached hydrogen (secondary N) is 1. The molecular formula is C14H17ClN2. The maximum absolute atomic E-state index is 6.17. The second-order valence-corrected chi connectivity index (χ2v) is 5.24. The van der Waals surface area contributed by atoms with Gasteiger partial charge in [-0.2, -0.15) is 0 Å². The van der Waals surface area contributed by atoms with Crippen molar-refractivity contribution in [2.45, 2.75) is 25.8 Å². The third kappa shape index (κ3) is 2.33. The van der Waals surface area contributed by atoms with Crippen LogP contribution in [0.3, 0.4) is 0 Å². The summed E-state index contributed by atoms with van der Waals surface area (Å²) in [5.41, 5.74) is 2.34. The van der Waals surface area contributed by atoms with Gasteiger partial charge in [-0.15, -0.1) is 0 Å². The SMILES string of the molecule is Clc1cccc2cc(CN3CCCCC3)[nH]c12. The maximum Gasteiger partial charge on any atom is 0.0647 e. The maximum atomic E-state index is 6.17. The van der Waals surface area contributed by atoms with Gasteiger partial charge in [0, 0.05) is 17.6 Å². The summed E-state index contributed by atoms with van der Waals surface area (Å²) in [6, 6.07) is 8.27. The number of halogens is 1. The van der Waals surface area contributed by atoms with Crippen LogP contribution in [0.15, 0.2) is 24.3 Å². The van der Waals surface area contributed by atoms with E-state index in [1.807, 2.05) is 12.1 Å². The molecule has 1 fully saturated rings. The number of aromatic amines is 1. The molecule has 0 amide bonds. The van der Waals surface area contributed by atoms with Crippen LogP contribution >= 0.6 is 11.6 Å². The Balaban J connectivity index is 1.83. The Morgan fingerprint density at radius 3 is 2.76 bits per heavy atom. The van der Waals surface area contributed by atoms with Gasteiger partial charge in [-0.05, 0) is 38.1 Å². The Kier molecular flexibility index (Phi) is 3.08. The molecule has 0 saturated carbocycles. The molecule has 1 N–H and O–H groups in total. The van der Waals surface area contributed by atoms with Gasteiger partial charge in [-0.3, -0.25) is 4.90 Å². The van der Waals surface area contributed by atoms with Crippen LogP contribution in [0.5, 0.6) is 0 Å². The molecule has 3 heteroatoms. The van der Waals surface area contributed by atoms with Gasteiger partial charge in [-0.25, -0.2) is 0 Å². The van der Waals surface area contributed by atoms with E-state index >= 15 is 0 Å². The van der Waals surface area contributed by atoms with Crippen molar-refractivity contribution in [2.75, 3.05) is 13.1 Å². The fraction of sp³-hybridized carbons (Fsp3) is 0.429. The van der Waals surface area contributed by atoms with E-state index in [0.717, 1.165) is 17.1 Å². The fourth-order valence-corrected chi connectivity index (χ4v) is 2.85. The van der Waals surface area contributed by atoms with Gasteiger partial charge in [0.25, 0.3) is 0 Å². The highest BCUT2D eigenvalue weighted by Crippen LogP contribution is 2.24. The zero-order chi connectivity index (χ0) is 11.7. The Morgan fingerprint density at radius 2 is 2.00 bits per heavy atom. The molecule has 2 aromatic rings. The van der Waals surface area contributed by atoms with Gasteiger partial charge in [0.2, 0.25) is 0 Å². The molecule has 0 unspecified atom stereocenters. The van der Waals surface area contributed by atoms with Crippen molar-refractivity contribution < 1.29 is 0 Å². The zero-order valence-electron chi connectivity index (χ0n) is 9.88. The van der Waals surface area contributed by atoms with Crippen LogP contribution in [0.4, 0.5) is 0 Å². The molecule has 1 aromatic carbocycles. The number of benzene rings is 1. The van der Waals surface area contributed by atoms with Gasteiger partial charge in [0.15, 0.2) is 0 Å². The first-order valence-electron chi connectivity index (χ1n) is 6.31. The Labute approximate surface area is 107 Å².